The van der Waals surface area contributed by atoms with E-state index in [-0.39, 0.29) is 0 Å². The molecule has 0 unspecified atom stereocenters. The Morgan fingerprint density at radius 2 is 0.314 bits per heavy atom. The molecule has 0 bridgehead atoms. The SMILES string of the molecule is S=C([S-])[N+]([S-])(C1CCCCC1)C1CCCCC1.S=C([S-])[N+]([S-])(C1CCCCC1)C1CCCCC1.S=C([S-])[N+]([S-])(C1CCCCC1)C1CCCCC1.S=C([S-])[N+]([S-])(C1CCCCC1)C1CCCCC1.[S]=[Mo+4]. The molecule has 0 spiro atoms. The first-order valence-corrected chi connectivity index (χ1v) is 35.5. The fourth-order valence-corrected chi connectivity index (χ4v) is 18.2. The van der Waals surface area contributed by atoms with Gasteiger partial charge in [-0.25, -0.2) is 0 Å². The Bertz CT molecular complexity index is 1250. The van der Waals surface area contributed by atoms with Crippen LogP contribution >= 0.6 is 58.7 Å². The van der Waals surface area contributed by atoms with Crippen LogP contribution in [0.3, 0.4) is 0 Å². The molecule has 400 valence electrons. The molecule has 0 saturated heterocycles. The Labute approximate surface area is 510 Å². The molecule has 0 amide bonds. The van der Waals surface area contributed by atoms with E-state index in [1.807, 2.05) is 0 Å². The fraction of sp³-hybridized carbons (Fsp3) is 0.923. The van der Waals surface area contributed by atoms with Gasteiger partial charge >= 0.3 is 27.8 Å². The van der Waals surface area contributed by atoms with Crippen molar-refractivity contribution in [2.75, 3.05) is 0 Å². The Hall–Kier alpha value is 3.39. The Morgan fingerprint density at radius 1 is 0.229 bits per heavy atom. The monoisotopic (exact) mass is 1280 g/mol. The maximum atomic E-state index is 5.96. The van der Waals surface area contributed by atoms with Crippen molar-refractivity contribution in [2.24, 2.45) is 0 Å². The standard InChI is InChI=1S/4C13H23NS3.Mo.S/c4*15-13(16)14(17,11-7-3-1-4-8-11)12-9-5-2-6-10-12;;/h4*11-12H,1-10H2,(H,15,16);;/q;;;;+4;/p-4. The summed E-state index contributed by atoms with van der Waals surface area (Å²) in [5, 5.41) is 0. The third kappa shape index (κ3) is 18.2. The first-order chi connectivity index (χ1) is 33.6. The van der Waals surface area contributed by atoms with E-state index in [9.17, 15) is 0 Å². The van der Waals surface area contributed by atoms with Crippen molar-refractivity contribution in [3.8, 4) is 0 Å². The van der Waals surface area contributed by atoms with Crippen molar-refractivity contribution in [1.29, 1.82) is 0 Å². The third-order valence-corrected chi connectivity index (χ3v) is 24.5. The van der Waals surface area contributed by atoms with Gasteiger partial charge in [-0.05, 0) is 205 Å². The van der Waals surface area contributed by atoms with Gasteiger partial charge in [0.15, 0.2) is 0 Å². The van der Waals surface area contributed by atoms with E-state index in [1.54, 1.807) is 0 Å². The molecule has 18 heteroatoms. The van der Waals surface area contributed by atoms with Crippen LogP contribution in [-0.2, 0) is 120 Å². The van der Waals surface area contributed by atoms with Crippen LogP contribution in [0.2, 0.25) is 0 Å². The van der Waals surface area contributed by atoms with E-state index in [1.165, 1.54) is 275 Å². The zero-order valence-corrected chi connectivity index (χ0v) is 55.0. The van der Waals surface area contributed by atoms with Crippen molar-refractivity contribution in [3.05, 3.63) is 0 Å². The summed E-state index contributed by atoms with van der Waals surface area (Å²) >= 11 is 68.4. The number of hydrogen-bond donors (Lipinski definition) is 0. The Morgan fingerprint density at radius 3 is 0.386 bits per heavy atom. The zero-order valence-electron chi connectivity index (χ0n) is 42.4. The molecule has 8 fully saturated rings. The first-order valence-electron chi connectivity index (χ1n) is 28.0. The second-order valence-corrected chi connectivity index (χ2v) is 28.8. The van der Waals surface area contributed by atoms with Gasteiger partial charge < -0.3 is 166 Å². The predicted octanol–water partition coefficient (Wildman–Crippen LogP) is 15.7. The van der Waals surface area contributed by atoms with Crippen molar-refractivity contribution in [2.45, 2.75) is 305 Å². The number of rotatable bonds is 8. The molecular formula is C52H88MoN4S13. The Kier molecular flexibility index (Phi) is 32.5. The molecule has 70 heavy (non-hydrogen) atoms. The molecule has 4 nitrogen and oxygen atoms in total. The van der Waals surface area contributed by atoms with Crippen LogP contribution in [0.4, 0.5) is 0 Å². The summed E-state index contributed by atoms with van der Waals surface area (Å²) in [6, 6.07) is 4.27. The third-order valence-electron chi connectivity index (χ3n) is 18.1. The van der Waals surface area contributed by atoms with E-state index >= 15 is 0 Å². The molecule has 0 aromatic carbocycles. The van der Waals surface area contributed by atoms with Gasteiger partial charge in [-0.3, -0.25) is 0 Å². The maximum absolute atomic E-state index is 5.96. The quantitative estimate of drug-likeness (QED) is 0.0981. The van der Waals surface area contributed by atoms with Gasteiger partial charge in [-0.1, -0.05) is 51.4 Å². The Balaban J connectivity index is 0.000000200. The molecule has 0 aromatic rings. The van der Waals surface area contributed by atoms with Crippen LogP contribution in [0.1, 0.15) is 257 Å². The number of quaternary nitrogens is 4. The van der Waals surface area contributed by atoms with E-state index in [0.29, 0.717) is 81.2 Å². The van der Waals surface area contributed by atoms with Gasteiger partial charge in [-0.2, -0.15) is 0 Å². The van der Waals surface area contributed by atoms with Gasteiger partial charge in [0.25, 0.3) is 0 Å². The van der Waals surface area contributed by atoms with Gasteiger partial charge in [0.1, 0.15) is 0 Å². The van der Waals surface area contributed by atoms with Crippen LogP contribution in [0.5, 0.6) is 0 Å². The summed E-state index contributed by atoms with van der Waals surface area (Å²) in [4.78, 5) is 0. The molecule has 8 aliphatic carbocycles. The molecule has 8 aliphatic rings. The number of thiocarbonyl (C=S) groups is 4. The van der Waals surface area contributed by atoms with Gasteiger partial charge in [0, 0.05) is 17.3 Å². The van der Waals surface area contributed by atoms with E-state index in [4.69, 9.17) is 151 Å². The average molecular weight is 1280 g/mol. The molecule has 0 aliphatic heterocycles. The van der Waals surface area contributed by atoms with Crippen LogP contribution < -0.4 is 0 Å². The summed E-state index contributed by atoms with van der Waals surface area (Å²) in [5.41, 5.74) is 0. The second-order valence-electron chi connectivity index (χ2n) is 22.2. The minimum absolute atomic E-state index is 0.519. The van der Waals surface area contributed by atoms with Crippen molar-refractivity contribution >= 4 is 178 Å². The fourth-order valence-electron chi connectivity index (χ4n) is 14.1. The molecule has 0 N–H and O–H groups in total. The predicted molar refractivity (Wildman–Crippen MR) is 333 cm³/mol. The minimum atomic E-state index is 0.519. The topological polar surface area (TPSA) is 0 Å². The van der Waals surface area contributed by atoms with Crippen molar-refractivity contribution in [3.63, 3.8) is 0 Å². The van der Waals surface area contributed by atoms with E-state index in [0.717, 1.165) is 0 Å². The molecule has 0 radical (unpaired) electrons. The summed E-state index contributed by atoms with van der Waals surface area (Å²) in [6.07, 6.45) is 51.6. The van der Waals surface area contributed by atoms with Crippen molar-refractivity contribution in [1.82, 2.24) is 0 Å². The van der Waals surface area contributed by atoms with Crippen LogP contribution in [0, 0.1) is 0 Å². The zero-order chi connectivity index (χ0) is 51.2. The summed E-state index contributed by atoms with van der Waals surface area (Å²) < 4.78 is 4.63. The van der Waals surface area contributed by atoms with E-state index < -0.39 is 0 Å². The summed E-state index contributed by atoms with van der Waals surface area (Å²) in [7, 11) is 4.09. The molecule has 8 rings (SSSR count). The second kappa shape index (κ2) is 34.5. The van der Waals surface area contributed by atoms with Gasteiger partial charge in [-0.15, -0.1) is 0 Å². The van der Waals surface area contributed by atoms with Crippen LogP contribution in [0.15, 0.2) is 0 Å². The van der Waals surface area contributed by atoms with Gasteiger partial charge in [0.2, 0.25) is 0 Å². The molecule has 0 aromatic heterocycles. The average Bonchev–Trinajstić information content (AvgIpc) is 3.42. The van der Waals surface area contributed by atoms with Crippen molar-refractivity contribution < 1.29 is 33.5 Å². The molecule has 0 heterocycles. The first kappa shape index (κ1) is 65.9. The van der Waals surface area contributed by atoms with Crippen LogP contribution in [-0.4, -0.2) is 81.2 Å². The van der Waals surface area contributed by atoms with Gasteiger partial charge in [0.05, 0.1) is 48.3 Å². The molecule has 8 saturated carbocycles. The number of hydrogen-bond acceptors (Lipinski definition) is 13. The molecule has 0 atom stereocenters. The number of nitrogens with zero attached hydrogens (tertiary/aromatic N) is 4. The normalized spacial score (nSPS) is 24.1. The van der Waals surface area contributed by atoms with E-state index in [2.05, 4.69) is 9.82 Å². The summed E-state index contributed by atoms with van der Waals surface area (Å²) in [6.45, 7) is 0. The van der Waals surface area contributed by atoms with Crippen LogP contribution in [0.25, 0.3) is 0 Å². The summed E-state index contributed by atoms with van der Waals surface area (Å²) in [5.74, 6) is 0. The molecular weight excluding hydrogens is 1190 g/mol.